The summed E-state index contributed by atoms with van der Waals surface area (Å²) in [5.41, 5.74) is 5.55. The Balaban J connectivity index is 0. The van der Waals surface area contributed by atoms with Crippen LogP contribution in [0.1, 0.15) is 13.8 Å². The molecule has 0 aliphatic rings. The molecule has 6 heteroatoms. The summed E-state index contributed by atoms with van der Waals surface area (Å²) in [5, 5.41) is 0. The van der Waals surface area contributed by atoms with E-state index < -0.39 is 0 Å². The van der Waals surface area contributed by atoms with E-state index in [9.17, 15) is 4.79 Å². The second kappa shape index (κ2) is 9.65. The van der Waals surface area contributed by atoms with Crippen LogP contribution in [0, 0.1) is 5.41 Å². The predicted molar refractivity (Wildman–Crippen MR) is 70.4 cm³/mol. The summed E-state index contributed by atoms with van der Waals surface area (Å²) in [7, 11) is 3.36. The van der Waals surface area contributed by atoms with Gasteiger partial charge in [0.15, 0.2) is 0 Å². The van der Waals surface area contributed by atoms with Gasteiger partial charge in [-0.1, -0.05) is 13.8 Å². The van der Waals surface area contributed by atoms with E-state index in [-0.39, 0.29) is 30.3 Å². The highest BCUT2D eigenvalue weighted by molar-refractivity contribution is 5.85. The third-order valence-electron chi connectivity index (χ3n) is 2.30. The number of ether oxygens (including phenoxy) is 2. The maximum atomic E-state index is 11.6. The molecule has 104 valence electrons. The second-order valence-corrected chi connectivity index (χ2v) is 4.66. The zero-order chi connectivity index (χ0) is 12.6. The van der Waals surface area contributed by atoms with Crippen molar-refractivity contribution in [2.75, 3.05) is 47.1 Å². The summed E-state index contributed by atoms with van der Waals surface area (Å²) >= 11 is 0. The number of nitrogens with two attached hydrogens (primary N) is 1. The van der Waals surface area contributed by atoms with Crippen LogP contribution in [0.25, 0.3) is 0 Å². The number of halogens is 1. The molecule has 0 heterocycles. The van der Waals surface area contributed by atoms with Crippen molar-refractivity contribution in [3.05, 3.63) is 0 Å². The number of likely N-dealkylation sites (N-methyl/N-ethyl adjacent to an activating group) is 1. The van der Waals surface area contributed by atoms with Crippen LogP contribution in [0.5, 0.6) is 0 Å². The Labute approximate surface area is 110 Å². The standard InChI is InChI=1S/C11H24N2O3.ClH/c1-11(2,8-12)9-13(3)10(14)7-16-6-5-15-4;/h5-9,12H2,1-4H3;1H. The minimum Gasteiger partial charge on any atom is -0.382 e. The highest BCUT2D eigenvalue weighted by Gasteiger charge is 2.20. The van der Waals surface area contributed by atoms with Gasteiger partial charge in [0.2, 0.25) is 5.91 Å². The van der Waals surface area contributed by atoms with Gasteiger partial charge in [-0.25, -0.2) is 0 Å². The molecule has 0 aliphatic heterocycles. The van der Waals surface area contributed by atoms with Crippen LogP contribution >= 0.6 is 12.4 Å². The molecule has 0 saturated heterocycles. The Morgan fingerprint density at radius 2 is 1.94 bits per heavy atom. The number of amides is 1. The molecule has 5 nitrogen and oxygen atoms in total. The number of hydrogen-bond donors (Lipinski definition) is 1. The summed E-state index contributed by atoms with van der Waals surface area (Å²) in [6, 6.07) is 0. The van der Waals surface area contributed by atoms with Gasteiger partial charge in [0.25, 0.3) is 0 Å². The van der Waals surface area contributed by atoms with Crippen LogP contribution < -0.4 is 5.73 Å². The van der Waals surface area contributed by atoms with Crippen molar-refractivity contribution >= 4 is 18.3 Å². The van der Waals surface area contributed by atoms with Crippen molar-refractivity contribution in [1.82, 2.24) is 4.90 Å². The smallest absolute Gasteiger partial charge is 0.248 e. The molecule has 17 heavy (non-hydrogen) atoms. The lowest BCUT2D eigenvalue weighted by Gasteiger charge is -2.28. The van der Waals surface area contributed by atoms with Crippen LogP contribution in [-0.4, -0.2) is 57.9 Å². The van der Waals surface area contributed by atoms with Gasteiger partial charge < -0.3 is 20.1 Å². The fourth-order valence-corrected chi connectivity index (χ4v) is 1.21. The molecular formula is C11H25ClN2O3. The van der Waals surface area contributed by atoms with Gasteiger partial charge in [0, 0.05) is 20.7 Å². The third-order valence-corrected chi connectivity index (χ3v) is 2.30. The zero-order valence-corrected chi connectivity index (χ0v) is 12.0. The quantitative estimate of drug-likeness (QED) is 0.652. The van der Waals surface area contributed by atoms with Crippen molar-refractivity contribution in [2.24, 2.45) is 11.1 Å². The number of carbonyl (C=O) groups is 1. The monoisotopic (exact) mass is 268 g/mol. The topological polar surface area (TPSA) is 64.8 Å². The van der Waals surface area contributed by atoms with E-state index in [1.54, 1.807) is 19.1 Å². The molecule has 0 aliphatic carbocycles. The fraction of sp³-hybridized carbons (Fsp3) is 0.909. The molecule has 0 spiro atoms. The van der Waals surface area contributed by atoms with E-state index in [4.69, 9.17) is 15.2 Å². The normalized spacial score (nSPS) is 10.9. The van der Waals surface area contributed by atoms with Gasteiger partial charge in [-0.3, -0.25) is 4.79 Å². The van der Waals surface area contributed by atoms with Crippen LogP contribution in [0.2, 0.25) is 0 Å². The SMILES string of the molecule is COCCOCC(=O)N(C)CC(C)(C)CN.Cl. The summed E-state index contributed by atoms with van der Waals surface area (Å²) in [5.74, 6) is -0.0300. The predicted octanol–water partition coefficient (Wildman–Crippen LogP) is 0.515. The van der Waals surface area contributed by atoms with Gasteiger partial charge >= 0.3 is 0 Å². The molecule has 0 saturated carbocycles. The first-order chi connectivity index (χ1) is 7.43. The lowest BCUT2D eigenvalue weighted by atomic mass is 9.93. The third kappa shape index (κ3) is 9.35. The second-order valence-electron chi connectivity index (χ2n) is 4.66. The van der Waals surface area contributed by atoms with E-state index in [2.05, 4.69) is 0 Å². The molecule has 2 N–H and O–H groups in total. The fourth-order valence-electron chi connectivity index (χ4n) is 1.21. The summed E-state index contributed by atoms with van der Waals surface area (Å²) in [6.07, 6.45) is 0. The molecule has 0 atom stereocenters. The van der Waals surface area contributed by atoms with Crippen molar-refractivity contribution in [3.63, 3.8) is 0 Å². The van der Waals surface area contributed by atoms with Crippen molar-refractivity contribution in [3.8, 4) is 0 Å². The van der Waals surface area contributed by atoms with Crippen molar-refractivity contribution in [2.45, 2.75) is 13.8 Å². The first-order valence-electron chi connectivity index (χ1n) is 5.43. The Morgan fingerprint density at radius 1 is 1.35 bits per heavy atom. The molecule has 1 amide bonds. The summed E-state index contributed by atoms with van der Waals surface area (Å²) in [4.78, 5) is 13.3. The number of rotatable bonds is 8. The highest BCUT2D eigenvalue weighted by atomic mass is 35.5. The van der Waals surface area contributed by atoms with E-state index in [0.29, 0.717) is 26.3 Å². The Bertz CT molecular complexity index is 213. The van der Waals surface area contributed by atoms with Crippen molar-refractivity contribution < 1.29 is 14.3 Å². The largest absolute Gasteiger partial charge is 0.382 e. The minimum atomic E-state index is -0.0586. The number of carbonyl (C=O) groups excluding carboxylic acids is 1. The molecular weight excluding hydrogens is 244 g/mol. The Morgan fingerprint density at radius 3 is 2.41 bits per heavy atom. The number of hydrogen-bond acceptors (Lipinski definition) is 4. The van der Waals surface area contributed by atoms with Gasteiger partial charge in [-0.15, -0.1) is 12.4 Å². The number of nitrogens with zero attached hydrogens (tertiary/aromatic N) is 1. The average Bonchev–Trinajstić information content (AvgIpc) is 2.23. The summed E-state index contributed by atoms with van der Waals surface area (Å²) in [6.45, 7) is 6.29. The van der Waals surface area contributed by atoms with Gasteiger partial charge in [0.1, 0.15) is 6.61 Å². The Hall–Kier alpha value is -0.360. The van der Waals surface area contributed by atoms with Crippen LogP contribution in [-0.2, 0) is 14.3 Å². The molecule has 0 aromatic carbocycles. The first kappa shape index (κ1) is 19.0. The first-order valence-corrected chi connectivity index (χ1v) is 5.43. The molecule has 0 unspecified atom stereocenters. The van der Waals surface area contributed by atoms with Crippen LogP contribution in [0.3, 0.4) is 0 Å². The van der Waals surface area contributed by atoms with E-state index in [0.717, 1.165) is 0 Å². The highest BCUT2D eigenvalue weighted by Crippen LogP contribution is 2.13. The molecule has 0 bridgehead atoms. The van der Waals surface area contributed by atoms with Crippen molar-refractivity contribution in [1.29, 1.82) is 0 Å². The van der Waals surface area contributed by atoms with E-state index in [1.165, 1.54) is 0 Å². The summed E-state index contributed by atoms with van der Waals surface area (Å²) < 4.78 is 9.97. The van der Waals surface area contributed by atoms with Gasteiger partial charge in [-0.2, -0.15) is 0 Å². The molecule has 0 aromatic heterocycles. The minimum absolute atomic E-state index is 0. The average molecular weight is 269 g/mol. The molecule has 0 radical (unpaired) electrons. The van der Waals surface area contributed by atoms with Crippen LogP contribution in [0.4, 0.5) is 0 Å². The lowest BCUT2D eigenvalue weighted by Crippen LogP contribution is -2.41. The van der Waals surface area contributed by atoms with Crippen LogP contribution in [0.15, 0.2) is 0 Å². The molecule has 0 rings (SSSR count). The van der Waals surface area contributed by atoms with Gasteiger partial charge in [-0.05, 0) is 12.0 Å². The van der Waals surface area contributed by atoms with Gasteiger partial charge in [0.05, 0.1) is 13.2 Å². The Kier molecular flexibility index (Phi) is 10.8. The zero-order valence-electron chi connectivity index (χ0n) is 11.2. The number of methoxy groups -OCH3 is 1. The maximum Gasteiger partial charge on any atom is 0.248 e. The van der Waals surface area contributed by atoms with E-state index in [1.807, 2.05) is 13.8 Å². The van der Waals surface area contributed by atoms with E-state index >= 15 is 0 Å². The molecule has 0 fully saturated rings. The molecule has 0 aromatic rings. The lowest BCUT2D eigenvalue weighted by molar-refractivity contribution is -0.136. The maximum absolute atomic E-state index is 11.6.